The predicted molar refractivity (Wildman–Crippen MR) is 137 cm³/mol. The van der Waals surface area contributed by atoms with E-state index in [4.69, 9.17) is 14.2 Å². The molecule has 0 saturated heterocycles. The number of esters is 1. The van der Waals surface area contributed by atoms with Gasteiger partial charge in [-0.2, -0.15) is 5.10 Å². The number of benzene rings is 2. The normalized spacial score (nSPS) is 17.6. The standard InChI is InChI=1S/C28H28N4O5/c1-3-36-26(34)23-22-12-16-31(25(33)24(22)32(30-23)20-8-10-21(35-2)11-9-20)19-6-4-18(5-7-19)28(13-14-28)27-29-15-17-37-27/h4-11H,3,12-17H2,1-2H3. The molecule has 0 unspecified atom stereocenters. The largest absolute Gasteiger partial charge is 0.497 e. The first-order chi connectivity index (χ1) is 18.1. The minimum atomic E-state index is -0.525. The second-order valence-corrected chi connectivity index (χ2v) is 9.38. The van der Waals surface area contributed by atoms with Crippen LogP contribution in [0, 0.1) is 0 Å². The minimum absolute atomic E-state index is 0.115. The molecule has 9 heteroatoms. The van der Waals surface area contributed by atoms with Gasteiger partial charge in [-0.25, -0.2) is 9.48 Å². The second kappa shape index (κ2) is 9.06. The van der Waals surface area contributed by atoms with E-state index < -0.39 is 5.97 Å². The fourth-order valence-corrected chi connectivity index (χ4v) is 5.22. The number of hydrogen-bond donors (Lipinski definition) is 0. The van der Waals surface area contributed by atoms with Crippen molar-refractivity contribution in [3.05, 3.63) is 71.0 Å². The molecule has 1 saturated carbocycles. The number of anilines is 1. The highest BCUT2D eigenvalue weighted by atomic mass is 16.5. The molecule has 1 aliphatic carbocycles. The molecule has 3 aromatic rings. The number of carbonyl (C=O) groups excluding carboxylic acids is 2. The van der Waals surface area contributed by atoms with Gasteiger partial charge in [0, 0.05) is 17.8 Å². The average molecular weight is 501 g/mol. The van der Waals surface area contributed by atoms with Crippen LogP contribution in [-0.2, 0) is 21.3 Å². The van der Waals surface area contributed by atoms with Gasteiger partial charge >= 0.3 is 5.97 Å². The summed E-state index contributed by atoms with van der Waals surface area (Å²) in [4.78, 5) is 32.9. The fourth-order valence-electron chi connectivity index (χ4n) is 5.22. The summed E-state index contributed by atoms with van der Waals surface area (Å²) in [5.41, 5.74) is 3.67. The molecule has 190 valence electrons. The van der Waals surface area contributed by atoms with Gasteiger partial charge < -0.3 is 19.1 Å². The van der Waals surface area contributed by atoms with E-state index in [-0.39, 0.29) is 23.6 Å². The smallest absolute Gasteiger partial charge is 0.359 e. The Hall–Kier alpha value is -4.14. The predicted octanol–water partition coefficient (Wildman–Crippen LogP) is 3.72. The Labute approximate surface area is 214 Å². The zero-order valence-electron chi connectivity index (χ0n) is 20.9. The van der Waals surface area contributed by atoms with Crippen LogP contribution in [0.4, 0.5) is 5.69 Å². The van der Waals surface area contributed by atoms with Crippen molar-refractivity contribution in [1.82, 2.24) is 9.78 Å². The molecular formula is C28H28N4O5. The summed E-state index contributed by atoms with van der Waals surface area (Å²) in [6.07, 6.45) is 2.53. The Morgan fingerprint density at radius 2 is 1.81 bits per heavy atom. The quantitative estimate of drug-likeness (QED) is 0.459. The van der Waals surface area contributed by atoms with Gasteiger partial charge in [0.15, 0.2) is 11.6 Å². The van der Waals surface area contributed by atoms with Gasteiger partial charge in [-0.1, -0.05) is 12.1 Å². The van der Waals surface area contributed by atoms with E-state index in [1.807, 2.05) is 24.3 Å². The molecule has 9 nitrogen and oxygen atoms in total. The Kier molecular flexibility index (Phi) is 5.70. The highest BCUT2D eigenvalue weighted by Crippen LogP contribution is 2.50. The molecule has 2 aliphatic heterocycles. The van der Waals surface area contributed by atoms with Gasteiger partial charge in [-0.05, 0) is 68.1 Å². The molecule has 1 aromatic heterocycles. The van der Waals surface area contributed by atoms with Crippen LogP contribution < -0.4 is 9.64 Å². The van der Waals surface area contributed by atoms with Crippen LogP contribution in [0.2, 0.25) is 0 Å². The molecule has 1 fully saturated rings. The highest BCUT2D eigenvalue weighted by molar-refractivity contribution is 6.09. The zero-order chi connectivity index (χ0) is 25.6. The minimum Gasteiger partial charge on any atom is -0.497 e. The number of hydrogen-bond acceptors (Lipinski definition) is 7. The average Bonchev–Trinajstić information content (AvgIpc) is 3.35. The molecule has 1 amide bonds. The van der Waals surface area contributed by atoms with Crippen LogP contribution in [0.25, 0.3) is 5.69 Å². The number of amides is 1. The maximum absolute atomic E-state index is 13.9. The number of aromatic nitrogens is 2. The summed E-state index contributed by atoms with van der Waals surface area (Å²) in [7, 11) is 1.59. The van der Waals surface area contributed by atoms with Gasteiger partial charge in [-0.15, -0.1) is 0 Å². The van der Waals surface area contributed by atoms with Gasteiger partial charge in [0.05, 0.1) is 31.4 Å². The maximum atomic E-state index is 13.9. The summed E-state index contributed by atoms with van der Waals surface area (Å²) in [5.74, 6) is 0.792. The fraction of sp³-hybridized carbons (Fsp3) is 0.357. The van der Waals surface area contributed by atoms with Crippen LogP contribution >= 0.6 is 0 Å². The molecule has 3 heterocycles. The topological polar surface area (TPSA) is 95.2 Å². The molecule has 0 N–H and O–H groups in total. The maximum Gasteiger partial charge on any atom is 0.359 e. The van der Waals surface area contributed by atoms with Gasteiger partial charge in [0.25, 0.3) is 5.91 Å². The SMILES string of the molecule is CCOC(=O)c1nn(-c2ccc(OC)cc2)c2c1CCN(c1ccc(C3(C4=NCCO4)CC3)cc1)C2=O. The van der Waals surface area contributed by atoms with Crippen molar-refractivity contribution in [2.45, 2.75) is 31.6 Å². The number of carbonyl (C=O) groups is 2. The third-order valence-electron chi connectivity index (χ3n) is 7.28. The van der Waals surface area contributed by atoms with Crippen LogP contribution in [0.15, 0.2) is 53.5 Å². The van der Waals surface area contributed by atoms with Crippen molar-refractivity contribution in [3.63, 3.8) is 0 Å². The number of aliphatic imine (C=N–C) groups is 1. The Morgan fingerprint density at radius 1 is 1.08 bits per heavy atom. The second-order valence-electron chi connectivity index (χ2n) is 9.38. The molecule has 0 atom stereocenters. The monoisotopic (exact) mass is 500 g/mol. The van der Waals surface area contributed by atoms with E-state index in [9.17, 15) is 9.59 Å². The van der Waals surface area contributed by atoms with Crippen molar-refractivity contribution in [2.75, 3.05) is 38.3 Å². The van der Waals surface area contributed by atoms with E-state index in [0.29, 0.717) is 42.3 Å². The number of fused-ring (bicyclic) bond motifs is 1. The molecular weight excluding hydrogens is 472 g/mol. The summed E-state index contributed by atoms with van der Waals surface area (Å²) in [6, 6.07) is 15.3. The summed E-state index contributed by atoms with van der Waals surface area (Å²) >= 11 is 0. The molecule has 2 aromatic carbocycles. The molecule has 0 bridgehead atoms. The van der Waals surface area contributed by atoms with E-state index in [2.05, 4.69) is 22.2 Å². The van der Waals surface area contributed by atoms with Gasteiger partial charge in [0.2, 0.25) is 0 Å². The third-order valence-corrected chi connectivity index (χ3v) is 7.28. The highest BCUT2D eigenvalue weighted by Gasteiger charge is 2.51. The molecule has 0 spiro atoms. The molecule has 6 rings (SSSR count). The van der Waals surface area contributed by atoms with Crippen molar-refractivity contribution in [2.24, 2.45) is 4.99 Å². The number of ether oxygens (including phenoxy) is 3. The number of nitrogens with zero attached hydrogens (tertiary/aromatic N) is 4. The summed E-state index contributed by atoms with van der Waals surface area (Å²) in [6.45, 7) is 3.78. The van der Waals surface area contributed by atoms with E-state index in [1.165, 1.54) is 0 Å². The van der Waals surface area contributed by atoms with E-state index >= 15 is 0 Å². The molecule has 3 aliphatic rings. The lowest BCUT2D eigenvalue weighted by Gasteiger charge is -2.28. The first-order valence-electron chi connectivity index (χ1n) is 12.6. The van der Waals surface area contributed by atoms with Crippen LogP contribution in [0.5, 0.6) is 5.75 Å². The van der Waals surface area contributed by atoms with Crippen molar-refractivity contribution >= 4 is 23.5 Å². The van der Waals surface area contributed by atoms with E-state index in [0.717, 1.165) is 36.5 Å². The zero-order valence-corrected chi connectivity index (χ0v) is 20.9. The summed E-state index contributed by atoms with van der Waals surface area (Å²) < 4.78 is 17.8. The Morgan fingerprint density at radius 3 is 2.43 bits per heavy atom. The summed E-state index contributed by atoms with van der Waals surface area (Å²) in [5, 5.41) is 4.54. The first kappa shape index (κ1) is 23.3. The van der Waals surface area contributed by atoms with Crippen molar-refractivity contribution in [3.8, 4) is 11.4 Å². The van der Waals surface area contributed by atoms with E-state index in [1.54, 1.807) is 35.7 Å². The first-order valence-corrected chi connectivity index (χ1v) is 12.6. The van der Waals surface area contributed by atoms with Crippen LogP contribution in [-0.4, -0.2) is 61.0 Å². The van der Waals surface area contributed by atoms with Crippen molar-refractivity contribution in [1.29, 1.82) is 0 Å². The van der Waals surface area contributed by atoms with Gasteiger partial charge in [-0.3, -0.25) is 9.79 Å². The van der Waals surface area contributed by atoms with Crippen LogP contribution in [0.1, 0.15) is 51.9 Å². The lowest BCUT2D eigenvalue weighted by atomic mass is 9.95. The number of rotatable bonds is 7. The lowest BCUT2D eigenvalue weighted by Crippen LogP contribution is -2.39. The van der Waals surface area contributed by atoms with Gasteiger partial charge in [0.1, 0.15) is 18.1 Å². The van der Waals surface area contributed by atoms with Crippen molar-refractivity contribution < 1.29 is 23.8 Å². The Bertz CT molecular complexity index is 1390. The lowest BCUT2D eigenvalue weighted by molar-refractivity contribution is 0.0517. The Balaban J connectivity index is 1.35. The van der Waals surface area contributed by atoms with Crippen LogP contribution in [0.3, 0.4) is 0 Å². The molecule has 37 heavy (non-hydrogen) atoms. The number of methoxy groups -OCH3 is 1. The molecule has 0 radical (unpaired) electrons. The third kappa shape index (κ3) is 3.85.